The van der Waals surface area contributed by atoms with Crippen molar-refractivity contribution >= 4 is 5.97 Å². The third-order valence-corrected chi connectivity index (χ3v) is 1.89. The van der Waals surface area contributed by atoms with Crippen LogP contribution in [0.4, 0.5) is 0 Å². The van der Waals surface area contributed by atoms with E-state index < -0.39 is 17.2 Å². The Bertz CT molecular complexity index is 233. The van der Waals surface area contributed by atoms with Crippen molar-refractivity contribution < 1.29 is 19.7 Å². The monoisotopic (exact) mass is 233 g/mol. The molecule has 0 aliphatic carbocycles. The lowest BCUT2D eigenvalue weighted by atomic mass is 10.1. The Kier molecular flexibility index (Phi) is 5.38. The maximum Gasteiger partial charge on any atom is 0.323 e. The second-order valence-corrected chi connectivity index (χ2v) is 5.29. The van der Waals surface area contributed by atoms with Gasteiger partial charge in [0.1, 0.15) is 11.6 Å². The average Bonchev–Trinajstić information content (AvgIpc) is 2.11. The Morgan fingerprint density at radius 2 is 1.88 bits per heavy atom. The zero-order valence-corrected chi connectivity index (χ0v) is 10.7. The van der Waals surface area contributed by atoms with Gasteiger partial charge in [-0.25, -0.2) is 0 Å². The van der Waals surface area contributed by atoms with E-state index in [1.807, 2.05) is 0 Å². The lowest BCUT2D eigenvalue weighted by Gasteiger charge is -2.25. The predicted molar refractivity (Wildman–Crippen MR) is 61.0 cm³/mol. The molecule has 96 valence electrons. The molecule has 2 atom stereocenters. The number of carbonyl (C=O) groups is 1. The first kappa shape index (κ1) is 15.3. The molecule has 5 nitrogen and oxygen atoms in total. The standard InChI is InChI=1S/C11H23NO4/c1-8(9(14)16-10(2,3)4)12-6-11(5,15)7-13/h8,12-13,15H,6-7H2,1-5H3. The lowest BCUT2D eigenvalue weighted by molar-refractivity contribution is -0.157. The number of aliphatic hydroxyl groups is 2. The van der Waals surface area contributed by atoms with Crippen molar-refractivity contribution in [2.75, 3.05) is 13.2 Å². The summed E-state index contributed by atoms with van der Waals surface area (Å²) in [6.07, 6.45) is 0. The molecule has 0 spiro atoms. The van der Waals surface area contributed by atoms with Gasteiger partial charge in [0.25, 0.3) is 0 Å². The minimum absolute atomic E-state index is 0.129. The highest BCUT2D eigenvalue weighted by atomic mass is 16.6. The van der Waals surface area contributed by atoms with Crippen molar-refractivity contribution in [2.24, 2.45) is 0 Å². The van der Waals surface area contributed by atoms with Crippen molar-refractivity contribution in [1.29, 1.82) is 0 Å². The van der Waals surface area contributed by atoms with Crippen LogP contribution in [0.25, 0.3) is 0 Å². The highest BCUT2D eigenvalue weighted by Gasteiger charge is 2.25. The molecular weight excluding hydrogens is 210 g/mol. The zero-order valence-electron chi connectivity index (χ0n) is 10.7. The van der Waals surface area contributed by atoms with E-state index in [0.29, 0.717) is 0 Å². The van der Waals surface area contributed by atoms with E-state index in [9.17, 15) is 9.90 Å². The molecule has 0 aromatic rings. The molecule has 0 aromatic carbocycles. The topological polar surface area (TPSA) is 78.8 Å². The largest absolute Gasteiger partial charge is 0.459 e. The molecule has 0 saturated carbocycles. The molecule has 5 heteroatoms. The lowest BCUT2D eigenvalue weighted by Crippen LogP contribution is -2.47. The molecule has 0 bridgehead atoms. The maximum absolute atomic E-state index is 11.5. The van der Waals surface area contributed by atoms with Crippen LogP contribution in [0.5, 0.6) is 0 Å². The number of hydrogen-bond donors (Lipinski definition) is 3. The SMILES string of the molecule is CC(NCC(C)(O)CO)C(=O)OC(C)(C)C. The van der Waals surface area contributed by atoms with Crippen LogP contribution in [0.3, 0.4) is 0 Å². The minimum Gasteiger partial charge on any atom is -0.459 e. The molecule has 16 heavy (non-hydrogen) atoms. The number of rotatable bonds is 5. The van der Waals surface area contributed by atoms with Crippen molar-refractivity contribution in [3.63, 3.8) is 0 Å². The molecule has 0 fully saturated rings. The Balaban J connectivity index is 4.08. The summed E-state index contributed by atoms with van der Waals surface area (Å²) in [6.45, 7) is 8.29. The summed E-state index contributed by atoms with van der Waals surface area (Å²) in [5.74, 6) is -0.374. The fourth-order valence-electron chi connectivity index (χ4n) is 0.902. The summed E-state index contributed by atoms with van der Waals surface area (Å²) in [7, 11) is 0. The maximum atomic E-state index is 11.5. The van der Waals surface area contributed by atoms with Crippen LogP contribution in [0.2, 0.25) is 0 Å². The van der Waals surface area contributed by atoms with Crippen LogP contribution in [-0.2, 0) is 9.53 Å². The number of esters is 1. The molecule has 0 amide bonds. The van der Waals surface area contributed by atoms with Gasteiger partial charge < -0.3 is 20.3 Å². The number of hydrogen-bond acceptors (Lipinski definition) is 5. The van der Waals surface area contributed by atoms with Crippen molar-refractivity contribution in [3.8, 4) is 0 Å². The van der Waals surface area contributed by atoms with Gasteiger partial charge in [-0.2, -0.15) is 0 Å². The van der Waals surface area contributed by atoms with Gasteiger partial charge in [0.05, 0.1) is 12.2 Å². The first-order valence-electron chi connectivity index (χ1n) is 5.37. The Morgan fingerprint density at radius 3 is 2.25 bits per heavy atom. The summed E-state index contributed by atoms with van der Waals surface area (Å²) >= 11 is 0. The predicted octanol–water partition coefficient (Wildman–Crippen LogP) is 0.0495. The van der Waals surface area contributed by atoms with E-state index in [1.54, 1.807) is 27.7 Å². The molecule has 0 aromatic heterocycles. The fourth-order valence-corrected chi connectivity index (χ4v) is 0.902. The molecule has 0 heterocycles. The molecule has 0 radical (unpaired) electrons. The fraction of sp³-hybridized carbons (Fsp3) is 0.909. The third kappa shape index (κ3) is 6.76. The van der Waals surface area contributed by atoms with E-state index in [4.69, 9.17) is 9.84 Å². The van der Waals surface area contributed by atoms with Gasteiger partial charge in [-0.05, 0) is 34.6 Å². The van der Waals surface area contributed by atoms with E-state index >= 15 is 0 Å². The number of ether oxygens (including phenoxy) is 1. The molecule has 0 saturated heterocycles. The first-order chi connectivity index (χ1) is 7.07. The van der Waals surface area contributed by atoms with Crippen LogP contribution < -0.4 is 5.32 Å². The molecular formula is C11H23NO4. The Labute approximate surface area is 96.8 Å². The van der Waals surface area contributed by atoms with Gasteiger partial charge in [0.2, 0.25) is 0 Å². The van der Waals surface area contributed by atoms with Crippen LogP contribution >= 0.6 is 0 Å². The van der Waals surface area contributed by atoms with Crippen LogP contribution in [0.1, 0.15) is 34.6 Å². The van der Waals surface area contributed by atoms with E-state index in [2.05, 4.69) is 5.32 Å². The van der Waals surface area contributed by atoms with Gasteiger partial charge in [0, 0.05) is 6.54 Å². The van der Waals surface area contributed by atoms with Crippen LogP contribution in [-0.4, -0.2) is 46.6 Å². The van der Waals surface area contributed by atoms with E-state index in [1.165, 1.54) is 6.92 Å². The van der Waals surface area contributed by atoms with Crippen molar-refractivity contribution in [3.05, 3.63) is 0 Å². The van der Waals surface area contributed by atoms with Gasteiger partial charge in [-0.3, -0.25) is 4.79 Å². The highest BCUT2D eigenvalue weighted by molar-refractivity contribution is 5.75. The smallest absolute Gasteiger partial charge is 0.323 e. The average molecular weight is 233 g/mol. The molecule has 3 N–H and O–H groups in total. The van der Waals surface area contributed by atoms with Crippen LogP contribution in [0.15, 0.2) is 0 Å². The summed E-state index contributed by atoms with van der Waals surface area (Å²) < 4.78 is 5.15. The van der Waals surface area contributed by atoms with Gasteiger partial charge in [-0.15, -0.1) is 0 Å². The number of nitrogens with one attached hydrogen (secondary N) is 1. The van der Waals surface area contributed by atoms with Crippen LogP contribution in [0, 0.1) is 0 Å². The van der Waals surface area contributed by atoms with E-state index in [0.717, 1.165) is 0 Å². The second kappa shape index (κ2) is 5.61. The zero-order chi connectivity index (χ0) is 13.0. The molecule has 0 aliphatic heterocycles. The number of carbonyl (C=O) groups excluding carboxylic acids is 1. The summed E-state index contributed by atoms with van der Waals surface area (Å²) in [5, 5.41) is 21.2. The normalized spacial score (nSPS) is 17.7. The van der Waals surface area contributed by atoms with E-state index in [-0.39, 0.29) is 19.1 Å². The molecule has 0 aliphatic rings. The number of aliphatic hydroxyl groups excluding tert-OH is 1. The summed E-state index contributed by atoms with van der Waals surface area (Å²) in [5.41, 5.74) is -1.75. The highest BCUT2D eigenvalue weighted by Crippen LogP contribution is 2.08. The Morgan fingerprint density at radius 1 is 1.38 bits per heavy atom. The summed E-state index contributed by atoms with van der Waals surface area (Å²) in [4.78, 5) is 11.5. The van der Waals surface area contributed by atoms with Crippen molar-refractivity contribution in [1.82, 2.24) is 5.32 Å². The van der Waals surface area contributed by atoms with Crippen molar-refractivity contribution in [2.45, 2.75) is 51.9 Å². The first-order valence-corrected chi connectivity index (χ1v) is 5.37. The molecule has 2 unspecified atom stereocenters. The summed E-state index contributed by atoms with van der Waals surface area (Å²) in [6, 6.07) is -0.516. The van der Waals surface area contributed by atoms with Gasteiger partial charge >= 0.3 is 5.97 Å². The van der Waals surface area contributed by atoms with Gasteiger partial charge in [0.15, 0.2) is 0 Å². The van der Waals surface area contributed by atoms with Gasteiger partial charge in [-0.1, -0.05) is 0 Å². The third-order valence-electron chi connectivity index (χ3n) is 1.89. The molecule has 0 rings (SSSR count). The quantitative estimate of drug-likeness (QED) is 0.585. The Hall–Kier alpha value is -0.650. The second-order valence-electron chi connectivity index (χ2n) is 5.29. The minimum atomic E-state index is -1.23.